The summed E-state index contributed by atoms with van der Waals surface area (Å²) in [7, 11) is 1.29. The van der Waals surface area contributed by atoms with Crippen molar-refractivity contribution in [1.82, 2.24) is 5.01 Å². The molecule has 26 heavy (non-hydrogen) atoms. The molecule has 1 aromatic carbocycles. The Bertz CT molecular complexity index is 867. The molecular formula is C17H14ClN3O5. The lowest BCUT2D eigenvalue weighted by atomic mass is 9.85. The molecule has 1 saturated carbocycles. The minimum Gasteiger partial charge on any atom is -0.490 e. The van der Waals surface area contributed by atoms with E-state index in [9.17, 15) is 19.7 Å². The average Bonchev–Trinajstić information content (AvgIpc) is 3.27. The molecule has 0 N–H and O–H groups in total. The number of hydrogen-bond donors (Lipinski definition) is 0. The Hall–Kier alpha value is -2.74. The summed E-state index contributed by atoms with van der Waals surface area (Å²) in [4.78, 5) is 35.7. The van der Waals surface area contributed by atoms with Gasteiger partial charge in [-0.2, -0.15) is 10.1 Å². The zero-order valence-electron chi connectivity index (χ0n) is 13.7. The van der Waals surface area contributed by atoms with E-state index in [0.717, 1.165) is 17.5 Å². The molecule has 0 radical (unpaired) electrons. The van der Waals surface area contributed by atoms with Crippen molar-refractivity contribution in [3.63, 3.8) is 0 Å². The SMILES string of the molecule is COc1c(C=NN2C(=O)C3C4C=CC(C4)C3C2=O)cc(Cl)cc1[N+](=O)[O-]. The third kappa shape index (κ3) is 2.33. The number of carbonyl (C=O) groups is 2. The van der Waals surface area contributed by atoms with Gasteiger partial charge in [0.2, 0.25) is 5.75 Å². The van der Waals surface area contributed by atoms with Gasteiger partial charge in [-0.15, -0.1) is 0 Å². The van der Waals surface area contributed by atoms with Gasteiger partial charge in [-0.3, -0.25) is 19.7 Å². The van der Waals surface area contributed by atoms with Gasteiger partial charge in [-0.25, -0.2) is 0 Å². The smallest absolute Gasteiger partial charge is 0.313 e. The number of methoxy groups -OCH3 is 1. The number of allylic oxidation sites excluding steroid dienone is 2. The molecule has 1 aliphatic heterocycles. The number of amides is 2. The number of fused-ring (bicyclic) bond motifs is 5. The van der Waals surface area contributed by atoms with Crippen molar-refractivity contribution in [3.05, 3.63) is 45.0 Å². The molecule has 1 saturated heterocycles. The quantitative estimate of drug-likeness (QED) is 0.264. The maximum Gasteiger partial charge on any atom is 0.313 e. The van der Waals surface area contributed by atoms with E-state index in [1.807, 2.05) is 12.2 Å². The molecule has 4 rings (SSSR count). The number of nitrogens with zero attached hydrogens (tertiary/aromatic N) is 3. The zero-order valence-corrected chi connectivity index (χ0v) is 14.4. The third-order valence-electron chi connectivity index (χ3n) is 5.22. The van der Waals surface area contributed by atoms with Gasteiger partial charge in [-0.1, -0.05) is 23.8 Å². The van der Waals surface area contributed by atoms with E-state index in [1.165, 1.54) is 19.4 Å². The van der Waals surface area contributed by atoms with E-state index in [4.69, 9.17) is 16.3 Å². The summed E-state index contributed by atoms with van der Waals surface area (Å²) >= 11 is 5.92. The predicted molar refractivity (Wildman–Crippen MR) is 91.8 cm³/mol. The van der Waals surface area contributed by atoms with E-state index in [2.05, 4.69) is 5.10 Å². The second-order valence-corrected chi connectivity index (χ2v) is 6.97. The average molecular weight is 376 g/mol. The first-order chi connectivity index (χ1) is 12.4. The first-order valence-corrected chi connectivity index (χ1v) is 8.42. The zero-order chi connectivity index (χ0) is 18.6. The van der Waals surface area contributed by atoms with Crippen LogP contribution in [0.3, 0.4) is 0 Å². The van der Waals surface area contributed by atoms with Crippen LogP contribution in [-0.4, -0.2) is 35.1 Å². The molecule has 2 aliphatic carbocycles. The Morgan fingerprint density at radius 3 is 2.42 bits per heavy atom. The molecule has 2 fully saturated rings. The molecule has 9 heteroatoms. The van der Waals surface area contributed by atoms with Gasteiger partial charge in [0.25, 0.3) is 11.8 Å². The van der Waals surface area contributed by atoms with Gasteiger partial charge in [0.15, 0.2) is 0 Å². The number of halogens is 1. The van der Waals surface area contributed by atoms with E-state index >= 15 is 0 Å². The van der Waals surface area contributed by atoms with Crippen molar-refractivity contribution in [1.29, 1.82) is 0 Å². The molecule has 4 unspecified atom stereocenters. The normalized spacial score (nSPS) is 29.1. The summed E-state index contributed by atoms with van der Waals surface area (Å²) in [6, 6.07) is 2.59. The largest absolute Gasteiger partial charge is 0.490 e. The summed E-state index contributed by atoms with van der Waals surface area (Å²) in [5.74, 6) is -1.24. The van der Waals surface area contributed by atoms with Crippen LogP contribution in [0, 0.1) is 33.8 Å². The second-order valence-electron chi connectivity index (χ2n) is 6.54. The highest BCUT2D eigenvalue weighted by Gasteiger charge is 2.59. The first-order valence-electron chi connectivity index (χ1n) is 8.04. The fraction of sp³-hybridized carbons (Fsp3) is 0.353. The van der Waals surface area contributed by atoms with E-state index in [0.29, 0.717) is 0 Å². The van der Waals surface area contributed by atoms with Crippen LogP contribution >= 0.6 is 11.6 Å². The number of nitro benzene ring substituents is 1. The molecule has 2 bridgehead atoms. The maximum absolute atomic E-state index is 12.6. The van der Waals surface area contributed by atoms with Crippen molar-refractivity contribution in [3.8, 4) is 5.75 Å². The predicted octanol–water partition coefficient (Wildman–Crippen LogP) is 2.40. The van der Waals surface area contributed by atoms with Crippen LogP contribution < -0.4 is 4.74 Å². The van der Waals surface area contributed by atoms with E-state index in [-0.39, 0.29) is 57.5 Å². The molecular weight excluding hydrogens is 362 g/mol. The summed E-state index contributed by atoms with van der Waals surface area (Å²) in [5, 5.41) is 16.2. The molecule has 4 atom stereocenters. The Morgan fingerprint density at radius 1 is 1.27 bits per heavy atom. The number of carbonyl (C=O) groups excluding carboxylic acids is 2. The summed E-state index contributed by atoms with van der Waals surface area (Å²) in [5.41, 5.74) is -0.106. The van der Waals surface area contributed by atoms with Gasteiger partial charge < -0.3 is 4.74 Å². The van der Waals surface area contributed by atoms with Crippen LogP contribution in [0.4, 0.5) is 5.69 Å². The van der Waals surface area contributed by atoms with Crippen LogP contribution in [0.15, 0.2) is 29.4 Å². The molecule has 3 aliphatic rings. The summed E-state index contributed by atoms with van der Waals surface area (Å²) < 4.78 is 5.09. The minimum atomic E-state index is -0.623. The monoisotopic (exact) mass is 375 g/mol. The van der Waals surface area contributed by atoms with E-state index in [1.54, 1.807) is 0 Å². The number of nitro groups is 1. The molecule has 0 aromatic heterocycles. The molecule has 2 amide bonds. The van der Waals surface area contributed by atoms with Gasteiger partial charge in [0.05, 0.1) is 30.1 Å². The minimum absolute atomic E-state index is 0.0378. The molecule has 134 valence electrons. The third-order valence-corrected chi connectivity index (χ3v) is 5.44. The highest BCUT2D eigenvalue weighted by atomic mass is 35.5. The van der Waals surface area contributed by atoms with Crippen molar-refractivity contribution < 1.29 is 19.2 Å². The van der Waals surface area contributed by atoms with Gasteiger partial charge >= 0.3 is 5.69 Å². The van der Waals surface area contributed by atoms with Gasteiger partial charge in [0.1, 0.15) is 0 Å². The number of ether oxygens (including phenoxy) is 1. The van der Waals surface area contributed by atoms with Crippen molar-refractivity contribution in [2.75, 3.05) is 7.11 Å². The van der Waals surface area contributed by atoms with Crippen molar-refractivity contribution >= 4 is 35.3 Å². The van der Waals surface area contributed by atoms with Crippen LogP contribution in [-0.2, 0) is 9.59 Å². The highest BCUT2D eigenvalue weighted by Crippen LogP contribution is 2.52. The van der Waals surface area contributed by atoms with Gasteiger partial charge in [0, 0.05) is 16.7 Å². The fourth-order valence-corrected chi connectivity index (χ4v) is 4.39. The lowest BCUT2D eigenvalue weighted by Gasteiger charge is -2.13. The molecule has 8 nitrogen and oxygen atoms in total. The Morgan fingerprint density at radius 2 is 1.88 bits per heavy atom. The summed E-state index contributed by atoms with van der Waals surface area (Å²) in [6.45, 7) is 0. The maximum atomic E-state index is 12.6. The first kappa shape index (κ1) is 16.7. The van der Waals surface area contributed by atoms with Crippen LogP contribution in [0.1, 0.15) is 12.0 Å². The standard InChI is InChI=1S/C17H14ClN3O5/c1-26-15-10(5-11(18)6-12(15)21(24)25)7-19-20-16(22)13-8-2-3-9(4-8)14(13)17(20)23/h2-3,5-9,13-14H,4H2,1H3. The molecule has 1 heterocycles. The lowest BCUT2D eigenvalue weighted by molar-refractivity contribution is -0.385. The summed E-state index contributed by atoms with van der Waals surface area (Å²) in [6.07, 6.45) is 6.02. The topological polar surface area (TPSA) is 102 Å². The van der Waals surface area contributed by atoms with Crippen LogP contribution in [0.5, 0.6) is 5.75 Å². The fourth-order valence-electron chi connectivity index (χ4n) is 4.17. The van der Waals surface area contributed by atoms with E-state index < -0.39 is 4.92 Å². The number of rotatable bonds is 4. The number of hydrazone groups is 1. The molecule has 0 spiro atoms. The van der Waals surface area contributed by atoms with Crippen molar-refractivity contribution in [2.24, 2.45) is 28.8 Å². The lowest BCUT2D eigenvalue weighted by Crippen LogP contribution is -2.28. The second kappa shape index (κ2) is 5.91. The Balaban J connectivity index is 1.66. The van der Waals surface area contributed by atoms with Crippen LogP contribution in [0.2, 0.25) is 5.02 Å². The number of imide groups is 1. The Kier molecular flexibility index (Phi) is 3.80. The highest BCUT2D eigenvalue weighted by molar-refractivity contribution is 6.31. The molecule has 1 aromatic rings. The van der Waals surface area contributed by atoms with Gasteiger partial charge in [-0.05, 0) is 24.3 Å². The van der Waals surface area contributed by atoms with Crippen LogP contribution in [0.25, 0.3) is 0 Å². The van der Waals surface area contributed by atoms with Crippen molar-refractivity contribution in [2.45, 2.75) is 6.42 Å². The number of benzene rings is 1. The number of hydrogen-bond acceptors (Lipinski definition) is 6. The Labute approximate surface area is 153 Å².